The number of benzene rings is 2. The van der Waals surface area contributed by atoms with Crippen LogP contribution in [0.15, 0.2) is 59.5 Å². The van der Waals surface area contributed by atoms with E-state index in [1.807, 2.05) is 24.3 Å². The molecule has 1 aliphatic rings. The first-order valence-corrected chi connectivity index (χ1v) is 14.9. The van der Waals surface area contributed by atoms with E-state index in [-0.39, 0.29) is 5.82 Å². The standard InChI is InChI=1S/C25H29F2N4O7PS/c1-14(2)36-22(33)15(3)30-39(40,38-18-9-8-16-6-4-5-7-17(16)12-18)35-13-19-21(32)25(26,27)23(37-19)31-11-10-20(28)29-24(31)34/h4-12,14-15,19,21,23,32H,13H2,1-3H3,(H,30,40)(H2,28,29,34). The Morgan fingerprint density at radius 2 is 1.95 bits per heavy atom. The van der Waals surface area contributed by atoms with Crippen molar-refractivity contribution in [2.75, 3.05) is 12.3 Å². The molecule has 5 unspecified atom stereocenters. The van der Waals surface area contributed by atoms with Gasteiger partial charge < -0.3 is 29.4 Å². The van der Waals surface area contributed by atoms with Gasteiger partial charge in [0.1, 0.15) is 23.7 Å². The van der Waals surface area contributed by atoms with Crippen molar-refractivity contribution in [2.45, 2.75) is 57.3 Å². The van der Waals surface area contributed by atoms with Gasteiger partial charge in [-0.05, 0) is 61.5 Å². The molecular weight excluding hydrogens is 569 g/mol. The van der Waals surface area contributed by atoms with Crippen LogP contribution in [0.25, 0.3) is 10.8 Å². The number of halogens is 2. The van der Waals surface area contributed by atoms with Gasteiger partial charge in [-0.15, -0.1) is 0 Å². The maximum atomic E-state index is 15.0. The highest BCUT2D eigenvalue weighted by atomic mass is 32.5. The molecule has 0 saturated carbocycles. The van der Waals surface area contributed by atoms with E-state index in [2.05, 4.69) is 10.1 Å². The summed E-state index contributed by atoms with van der Waals surface area (Å²) < 4.78 is 52.9. The van der Waals surface area contributed by atoms with E-state index < -0.39 is 61.4 Å². The SMILES string of the molecule is CC(C)OC(=O)C(C)NP(=S)(OCC1OC(n2ccc(N)nc2=O)C(F)(F)C1O)Oc1ccc2ccccc2c1. The van der Waals surface area contributed by atoms with Crippen LogP contribution in [0.5, 0.6) is 5.75 Å². The van der Waals surface area contributed by atoms with Crippen LogP contribution >= 0.6 is 6.64 Å². The zero-order valence-electron chi connectivity index (χ0n) is 21.8. The quantitative estimate of drug-likeness (QED) is 0.234. The molecule has 1 aromatic heterocycles. The first-order valence-electron chi connectivity index (χ1n) is 12.3. The molecule has 1 aliphatic heterocycles. The summed E-state index contributed by atoms with van der Waals surface area (Å²) in [7, 11) is 0. The number of carbonyl (C=O) groups excluding carboxylic acids is 1. The summed E-state index contributed by atoms with van der Waals surface area (Å²) in [5.41, 5.74) is 4.36. The van der Waals surface area contributed by atoms with Crippen LogP contribution in [0, 0.1) is 0 Å². The number of hydrogen-bond donors (Lipinski definition) is 3. The zero-order chi connectivity index (χ0) is 29.2. The normalized spacial score (nSPS) is 22.6. The van der Waals surface area contributed by atoms with Crippen molar-refractivity contribution in [3.8, 4) is 5.75 Å². The molecule has 4 rings (SSSR count). The Morgan fingerprint density at radius 3 is 2.62 bits per heavy atom. The van der Waals surface area contributed by atoms with Gasteiger partial charge in [0.15, 0.2) is 6.10 Å². The van der Waals surface area contributed by atoms with Crippen LogP contribution < -0.4 is 21.0 Å². The summed E-state index contributed by atoms with van der Waals surface area (Å²) >= 11 is 5.65. The van der Waals surface area contributed by atoms with Gasteiger partial charge in [-0.3, -0.25) is 9.36 Å². The monoisotopic (exact) mass is 598 g/mol. The molecule has 3 aromatic rings. The molecular formula is C25H29F2N4O7PS. The molecule has 2 heterocycles. The molecule has 216 valence electrons. The number of nitrogens with zero attached hydrogens (tertiary/aromatic N) is 2. The summed E-state index contributed by atoms with van der Waals surface area (Å²) in [4.78, 5) is 28.1. The second-order valence-electron chi connectivity index (χ2n) is 9.42. The maximum Gasteiger partial charge on any atom is 0.351 e. The number of alkyl halides is 2. The van der Waals surface area contributed by atoms with Crippen LogP contribution in [-0.2, 0) is 30.6 Å². The van der Waals surface area contributed by atoms with Gasteiger partial charge >= 0.3 is 24.2 Å². The number of nitrogens with two attached hydrogens (primary N) is 1. The summed E-state index contributed by atoms with van der Waals surface area (Å²) in [6.45, 7) is 0.541. The fourth-order valence-electron chi connectivity index (χ4n) is 3.96. The van der Waals surface area contributed by atoms with Crippen LogP contribution in [0.2, 0.25) is 0 Å². The molecule has 0 radical (unpaired) electrons. The first kappa shape index (κ1) is 30.0. The number of ether oxygens (including phenoxy) is 2. The Labute approximate surface area is 233 Å². The molecule has 4 N–H and O–H groups in total. The topological polar surface area (TPSA) is 147 Å². The van der Waals surface area contributed by atoms with E-state index in [1.54, 1.807) is 32.0 Å². The highest BCUT2D eigenvalue weighted by Crippen LogP contribution is 2.48. The number of nitrogen functional groups attached to an aromatic ring is 1. The molecule has 11 nitrogen and oxygen atoms in total. The van der Waals surface area contributed by atoms with Crippen molar-refractivity contribution in [3.05, 3.63) is 65.2 Å². The number of fused-ring (bicyclic) bond motifs is 1. The lowest BCUT2D eigenvalue weighted by molar-refractivity contribution is -0.149. The smallest absolute Gasteiger partial charge is 0.351 e. The molecule has 0 amide bonds. The van der Waals surface area contributed by atoms with Crippen LogP contribution in [-0.4, -0.2) is 57.5 Å². The van der Waals surface area contributed by atoms with Gasteiger partial charge in [-0.1, -0.05) is 30.3 Å². The third-order valence-corrected chi connectivity index (χ3v) is 8.40. The Balaban J connectivity index is 1.57. The van der Waals surface area contributed by atoms with E-state index in [0.29, 0.717) is 10.3 Å². The molecule has 0 spiro atoms. The molecule has 15 heteroatoms. The number of carbonyl (C=O) groups is 1. The van der Waals surface area contributed by atoms with Crippen LogP contribution in [0.4, 0.5) is 14.6 Å². The molecule has 1 fully saturated rings. The Morgan fingerprint density at radius 1 is 1.25 bits per heavy atom. The highest BCUT2D eigenvalue weighted by Gasteiger charge is 2.60. The fourth-order valence-corrected chi connectivity index (χ4v) is 6.37. The second kappa shape index (κ2) is 11.9. The minimum absolute atomic E-state index is 0.161. The second-order valence-corrected chi connectivity index (χ2v) is 12.6. The summed E-state index contributed by atoms with van der Waals surface area (Å²) in [5, 5.41) is 15.0. The van der Waals surface area contributed by atoms with Gasteiger partial charge in [0.25, 0.3) is 0 Å². The number of hydrogen-bond acceptors (Lipinski definition) is 10. The first-order chi connectivity index (χ1) is 18.8. The van der Waals surface area contributed by atoms with E-state index in [4.69, 9.17) is 36.1 Å². The molecule has 5 atom stereocenters. The number of rotatable bonds is 10. The Bertz CT molecular complexity index is 1490. The molecule has 1 saturated heterocycles. The predicted octanol–water partition coefficient (Wildman–Crippen LogP) is 3.12. The Hall–Kier alpha value is -3.00. The highest BCUT2D eigenvalue weighted by molar-refractivity contribution is 8.09. The number of aliphatic hydroxyl groups excluding tert-OH is 1. The van der Waals surface area contributed by atoms with E-state index in [0.717, 1.165) is 23.0 Å². The van der Waals surface area contributed by atoms with Crippen molar-refractivity contribution in [1.29, 1.82) is 0 Å². The number of nitrogens with one attached hydrogen (secondary N) is 1. The molecule has 40 heavy (non-hydrogen) atoms. The zero-order valence-corrected chi connectivity index (χ0v) is 23.5. The number of anilines is 1. The van der Waals surface area contributed by atoms with Crippen molar-refractivity contribution >= 4 is 41.0 Å². The van der Waals surface area contributed by atoms with E-state index in [9.17, 15) is 23.5 Å². The average molecular weight is 599 g/mol. The van der Waals surface area contributed by atoms with Gasteiger partial charge in [0.2, 0.25) is 6.23 Å². The van der Waals surface area contributed by atoms with Crippen molar-refractivity contribution < 1.29 is 37.2 Å². The predicted molar refractivity (Wildman–Crippen MR) is 146 cm³/mol. The fraction of sp³-hybridized carbons (Fsp3) is 0.400. The van der Waals surface area contributed by atoms with Gasteiger partial charge in [-0.25, -0.2) is 9.88 Å². The maximum absolute atomic E-state index is 15.0. The van der Waals surface area contributed by atoms with Crippen LogP contribution in [0.1, 0.15) is 27.0 Å². The van der Waals surface area contributed by atoms with Crippen molar-refractivity contribution in [2.24, 2.45) is 0 Å². The molecule has 2 aromatic carbocycles. The van der Waals surface area contributed by atoms with Crippen LogP contribution in [0.3, 0.4) is 0 Å². The summed E-state index contributed by atoms with van der Waals surface area (Å²) in [5.74, 6) is -4.38. The third-order valence-electron chi connectivity index (χ3n) is 5.90. The number of aromatic nitrogens is 2. The number of aliphatic hydroxyl groups is 1. The third kappa shape index (κ3) is 6.65. The average Bonchev–Trinajstić information content (AvgIpc) is 3.10. The van der Waals surface area contributed by atoms with Gasteiger partial charge in [-0.2, -0.15) is 13.8 Å². The van der Waals surface area contributed by atoms with Gasteiger partial charge in [0, 0.05) is 6.20 Å². The lowest BCUT2D eigenvalue weighted by atomic mass is 10.1. The summed E-state index contributed by atoms with van der Waals surface area (Å²) in [6, 6.07) is 12.8. The Kier molecular flexibility index (Phi) is 8.88. The largest absolute Gasteiger partial charge is 0.462 e. The van der Waals surface area contributed by atoms with Crippen molar-refractivity contribution in [3.63, 3.8) is 0 Å². The molecule has 0 bridgehead atoms. The minimum Gasteiger partial charge on any atom is -0.462 e. The number of esters is 1. The van der Waals surface area contributed by atoms with Crippen molar-refractivity contribution in [1.82, 2.24) is 14.6 Å². The van der Waals surface area contributed by atoms with E-state index in [1.165, 1.54) is 6.92 Å². The lowest BCUT2D eigenvalue weighted by Crippen LogP contribution is -2.42. The van der Waals surface area contributed by atoms with E-state index >= 15 is 0 Å². The minimum atomic E-state index is -3.89. The lowest BCUT2D eigenvalue weighted by Gasteiger charge is -2.28. The molecule has 0 aliphatic carbocycles. The van der Waals surface area contributed by atoms with Gasteiger partial charge in [0.05, 0.1) is 12.7 Å². The summed E-state index contributed by atoms with van der Waals surface area (Å²) in [6.07, 6.45) is -5.56.